The largest absolute Gasteiger partial charge is 0.493 e. The van der Waals surface area contributed by atoms with Crippen molar-refractivity contribution in [2.45, 2.75) is 20.0 Å². The molecule has 6 nitrogen and oxygen atoms in total. The molecule has 0 aliphatic carbocycles. The number of benzene rings is 2. The van der Waals surface area contributed by atoms with Crippen molar-refractivity contribution >= 4 is 22.5 Å². The molecule has 0 fully saturated rings. The van der Waals surface area contributed by atoms with E-state index in [1.54, 1.807) is 38.4 Å². The molecular weight excluding hydrogens is 344 g/mol. The van der Waals surface area contributed by atoms with Crippen LogP contribution >= 0.6 is 0 Å². The van der Waals surface area contributed by atoms with Crippen molar-refractivity contribution in [3.8, 4) is 17.2 Å². The highest BCUT2D eigenvalue weighted by Crippen LogP contribution is 2.31. The van der Waals surface area contributed by atoms with Crippen LogP contribution in [0.15, 0.2) is 54.7 Å². The van der Waals surface area contributed by atoms with Crippen LogP contribution < -0.4 is 19.5 Å². The Labute approximate surface area is 158 Å². The summed E-state index contributed by atoms with van der Waals surface area (Å²) in [6.45, 7) is 4.15. The molecule has 1 aromatic heterocycles. The van der Waals surface area contributed by atoms with E-state index in [4.69, 9.17) is 14.2 Å². The molecule has 1 atom stereocenters. The van der Waals surface area contributed by atoms with E-state index in [1.807, 2.05) is 37.3 Å². The number of nitrogens with one attached hydrogen (secondary N) is 1. The molecule has 0 radical (unpaired) electrons. The van der Waals surface area contributed by atoms with Crippen molar-refractivity contribution in [1.29, 1.82) is 0 Å². The van der Waals surface area contributed by atoms with E-state index in [0.29, 0.717) is 35.1 Å². The predicted molar refractivity (Wildman–Crippen MR) is 105 cm³/mol. The van der Waals surface area contributed by atoms with Crippen molar-refractivity contribution in [1.82, 2.24) is 4.98 Å². The summed E-state index contributed by atoms with van der Waals surface area (Å²) in [6, 6.07) is 14.5. The lowest BCUT2D eigenvalue weighted by Crippen LogP contribution is -2.30. The second-order valence-electron chi connectivity index (χ2n) is 5.84. The summed E-state index contributed by atoms with van der Waals surface area (Å²) in [4.78, 5) is 17.0. The Morgan fingerprint density at radius 1 is 1.07 bits per heavy atom. The van der Waals surface area contributed by atoms with Gasteiger partial charge in [0.05, 0.1) is 19.4 Å². The molecule has 6 heteroatoms. The number of amides is 1. The molecule has 0 aliphatic heterocycles. The van der Waals surface area contributed by atoms with Gasteiger partial charge in [0.2, 0.25) is 0 Å². The van der Waals surface area contributed by atoms with Crippen LogP contribution in [-0.4, -0.2) is 30.7 Å². The Hall–Kier alpha value is -3.28. The van der Waals surface area contributed by atoms with Crippen LogP contribution in [0.1, 0.15) is 13.8 Å². The van der Waals surface area contributed by atoms with Gasteiger partial charge in [-0.15, -0.1) is 0 Å². The number of hydrogen-bond donors (Lipinski definition) is 1. The second kappa shape index (κ2) is 8.40. The number of carbonyl (C=O) groups excluding carboxylic acids is 1. The molecule has 140 valence electrons. The molecule has 0 saturated carbocycles. The Morgan fingerprint density at radius 3 is 2.59 bits per heavy atom. The molecule has 1 amide bonds. The molecule has 0 spiro atoms. The second-order valence-corrected chi connectivity index (χ2v) is 5.84. The number of nitrogens with zero attached hydrogens (tertiary/aromatic N) is 1. The predicted octanol–water partition coefficient (Wildman–Crippen LogP) is 4.05. The zero-order valence-electron chi connectivity index (χ0n) is 15.6. The van der Waals surface area contributed by atoms with Gasteiger partial charge in [0, 0.05) is 11.6 Å². The number of ether oxygens (including phenoxy) is 3. The third kappa shape index (κ3) is 4.11. The molecule has 3 rings (SSSR count). The van der Waals surface area contributed by atoms with Crippen molar-refractivity contribution in [2.75, 3.05) is 19.0 Å². The summed E-state index contributed by atoms with van der Waals surface area (Å²) in [6.07, 6.45) is 0.990. The standard InChI is InChI=1S/C21H22N2O4/c1-4-26-19-12-11-16(15-8-7-13-22-20(15)19)23-21(24)14(2)27-18-10-6-5-9-17(18)25-3/h5-14H,4H2,1-3H3,(H,23,24). The first-order valence-corrected chi connectivity index (χ1v) is 8.75. The first kappa shape index (κ1) is 18.5. The lowest BCUT2D eigenvalue weighted by atomic mass is 10.1. The van der Waals surface area contributed by atoms with Crippen LogP contribution in [0.4, 0.5) is 5.69 Å². The Bertz CT molecular complexity index is 942. The third-order valence-corrected chi connectivity index (χ3v) is 4.03. The van der Waals surface area contributed by atoms with E-state index in [9.17, 15) is 4.79 Å². The normalized spacial score (nSPS) is 11.7. The van der Waals surface area contributed by atoms with Gasteiger partial charge in [-0.05, 0) is 50.2 Å². The summed E-state index contributed by atoms with van der Waals surface area (Å²) in [5.74, 6) is 1.51. The Balaban J connectivity index is 1.80. The van der Waals surface area contributed by atoms with Gasteiger partial charge in [-0.25, -0.2) is 0 Å². The van der Waals surface area contributed by atoms with E-state index in [0.717, 1.165) is 5.39 Å². The number of hydrogen-bond acceptors (Lipinski definition) is 5. The number of rotatable bonds is 7. The van der Waals surface area contributed by atoms with Gasteiger partial charge in [0.25, 0.3) is 5.91 Å². The molecule has 27 heavy (non-hydrogen) atoms. The Kier molecular flexibility index (Phi) is 5.76. The average Bonchev–Trinajstić information content (AvgIpc) is 2.70. The summed E-state index contributed by atoms with van der Waals surface area (Å²) >= 11 is 0. The van der Waals surface area contributed by atoms with Gasteiger partial charge < -0.3 is 19.5 Å². The summed E-state index contributed by atoms with van der Waals surface area (Å²) in [5, 5.41) is 3.72. The topological polar surface area (TPSA) is 69.7 Å². The number of anilines is 1. The Morgan fingerprint density at radius 2 is 1.85 bits per heavy atom. The highest BCUT2D eigenvalue weighted by atomic mass is 16.5. The zero-order valence-corrected chi connectivity index (χ0v) is 15.6. The van der Waals surface area contributed by atoms with Gasteiger partial charge >= 0.3 is 0 Å². The monoisotopic (exact) mass is 366 g/mol. The zero-order chi connectivity index (χ0) is 19.2. The van der Waals surface area contributed by atoms with Crippen LogP contribution in [0.3, 0.4) is 0 Å². The SMILES string of the molecule is CCOc1ccc(NC(=O)C(C)Oc2ccccc2OC)c2cccnc12. The lowest BCUT2D eigenvalue weighted by molar-refractivity contribution is -0.122. The molecule has 0 saturated heterocycles. The molecule has 1 heterocycles. The maximum Gasteiger partial charge on any atom is 0.265 e. The van der Waals surface area contributed by atoms with E-state index >= 15 is 0 Å². The average molecular weight is 366 g/mol. The summed E-state index contributed by atoms with van der Waals surface area (Å²) in [7, 11) is 1.56. The molecule has 0 bridgehead atoms. The molecule has 1 unspecified atom stereocenters. The smallest absolute Gasteiger partial charge is 0.265 e. The first-order valence-electron chi connectivity index (χ1n) is 8.75. The van der Waals surface area contributed by atoms with Crippen LogP contribution in [0.25, 0.3) is 10.9 Å². The quantitative estimate of drug-likeness (QED) is 0.683. The summed E-state index contributed by atoms with van der Waals surface area (Å²) < 4.78 is 16.6. The number of aromatic nitrogens is 1. The molecule has 1 N–H and O–H groups in total. The minimum absolute atomic E-state index is 0.268. The molecule has 3 aromatic rings. The number of pyridine rings is 1. The van der Waals surface area contributed by atoms with Crippen LogP contribution in [0.2, 0.25) is 0 Å². The highest BCUT2D eigenvalue weighted by molar-refractivity contribution is 6.04. The van der Waals surface area contributed by atoms with Crippen molar-refractivity contribution < 1.29 is 19.0 Å². The number of fused-ring (bicyclic) bond motifs is 1. The first-order chi connectivity index (χ1) is 13.1. The van der Waals surface area contributed by atoms with Gasteiger partial charge in [-0.2, -0.15) is 0 Å². The summed E-state index contributed by atoms with van der Waals surface area (Å²) in [5.41, 5.74) is 1.36. The number of carbonyl (C=O) groups is 1. The minimum Gasteiger partial charge on any atom is -0.493 e. The van der Waals surface area contributed by atoms with E-state index < -0.39 is 6.10 Å². The van der Waals surface area contributed by atoms with Gasteiger partial charge in [-0.1, -0.05) is 12.1 Å². The van der Waals surface area contributed by atoms with Crippen molar-refractivity contribution in [3.05, 3.63) is 54.7 Å². The number of methoxy groups -OCH3 is 1. The lowest BCUT2D eigenvalue weighted by Gasteiger charge is -2.17. The maximum atomic E-state index is 12.6. The maximum absolute atomic E-state index is 12.6. The van der Waals surface area contributed by atoms with E-state index in [-0.39, 0.29) is 5.91 Å². The van der Waals surface area contributed by atoms with Crippen LogP contribution in [-0.2, 0) is 4.79 Å². The van der Waals surface area contributed by atoms with E-state index in [1.165, 1.54) is 0 Å². The van der Waals surface area contributed by atoms with Gasteiger partial charge in [0.1, 0.15) is 11.3 Å². The van der Waals surface area contributed by atoms with Crippen LogP contribution in [0, 0.1) is 0 Å². The van der Waals surface area contributed by atoms with Crippen molar-refractivity contribution in [2.24, 2.45) is 0 Å². The third-order valence-electron chi connectivity index (χ3n) is 4.03. The fraction of sp³-hybridized carbons (Fsp3) is 0.238. The van der Waals surface area contributed by atoms with Gasteiger partial charge in [-0.3, -0.25) is 9.78 Å². The van der Waals surface area contributed by atoms with Crippen molar-refractivity contribution in [3.63, 3.8) is 0 Å². The molecule has 0 aliphatic rings. The highest BCUT2D eigenvalue weighted by Gasteiger charge is 2.18. The minimum atomic E-state index is -0.709. The van der Waals surface area contributed by atoms with Crippen LogP contribution in [0.5, 0.6) is 17.2 Å². The fourth-order valence-corrected chi connectivity index (χ4v) is 2.72. The molecular formula is C21H22N2O4. The van der Waals surface area contributed by atoms with E-state index in [2.05, 4.69) is 10.3 Å². The molecule has 2 aromatic carbocycles. The fourth-order valence-electron chi connectivity index (χ4n) is 2.72. The number of para-hydroxylation sites is 2. The van der Waals surface area contributed by atoms with Gasteiger partial charge in [0.15, 0.2) is 17.6 Å².